The van der Waals surface area contributed by atoms with E-state index in [0.717, 1.165) is 41.9 Å². The van der Waals surface area contributed by atoms with Gasteiger partial charge in [0.1, 0.15) is 5.84 Å². The highest BCUT2D eigenvalue weighted by Crippen LogP contribution is 2.26. The first-order valence-electron chi connectivity index (χ1n) is 7.16. The third-order valence-electron chi connectivity index (χ3n) is 4.12. The molecule has 2 rings (SSSR count). The number of rotatable bonds is 4. The Kier molecular flexibility index (Phi) is 5.05. The summed E-state index contributed by atoms with van der Waals surface area (Å²) in [5.74, 6) is 0.136. The Bertz CT molecular complexity index is 481. The van der Waals surface area contributed by atoms with Crippen LogP contribution >= 0.6 is 15.9 Å². The predicted molar refractivity (Wildman–Crippen MR) is 88.7 cm³/mol. The maximum absolute atomic E-state index is 7.73. The lowest BCUT2D eigenvalue weighted by Crippen LogP contribution is -2.49. The van der Waals surface area contributed by atoms with Crippen LogP contribution in [0, 0.1) is 5.41 Å². The average Bonchev–Trinajstić information content (AvgIpc) is 2.46. The van der Waals surface area contributed by atoms with Crippen molar-refractivity contribution in [2.45, 2.75) is 26.3 Å². The van der Waals surface area contributed by atoms with Crippen molar-refractivity contribution >= 4 is 27.5 Å². The fraction of sp³-hybridized carbons (Fsp3) is 0.533. The van der Waals surface area contributed by atoms with Crippen LogP contribution in [0.3, 0.4) is 0 Å². The van der Waals surface area contributed by atoms with Crippen LogP contribution in [-0.4, -0.2) is 43.0 Å². The van der Waals surface area contributed by atoms with Gasteiger partial charge in [-0.15, -0.1) is 0 Å². The normalized spacial score (nSPS) is 18.1. The SMILES string of the molecule is CCC(C)N1CCN(c2cc(Br)ccc2C(=N)N)CC1. The van der Waals surface area contributed by atoms with Gasteiger partial charge in [0, 0.05) is 47.9 Å². The summed E-state index contributed by atoms with van der Waals surface area (Å²) in [4.78, 5) is 4.86. The second kappa shape index (κ2) is 6.59. The number of piperazine rings is 1. The molecule has 1 aromatic carbocycles. The van der Waals surface area contributed by atoms with Crippen LogP contribution in [0.4, 0.5) is 5.69 Å². The average molecular weight is 339 g/mol. The molecule has 1 saturated heterocycles. The van der Waals surface area contributed by atoms with E-state index in [9.17, 15) is 0 Å². The standard InChI is InChI=1S/C15H23BrN4/c1-3-11(2)19-6-8-20(9-7-19)14-10-12(16)4-5-13(14)15(17)18/h4-5,10-11H,3,6-9H2,1-2H3,(H3,17,18). The number of halogens is 1. The van der Waals surface area contributed by atoms with Crippen LogP contribution < -0.4 is 10.6 Å². The Morgan fingerprint density at radius 2 is 2.00 bits per heavy atom. The molecule has 1 aliphatic heterocycles. The van der Waals surface area contributed by atoms with E-state index in [1.807, 2.05) is 12.1 Å². The van der Waals surface area contributed by atoms with Gasteiger partial charge in [-0.2, -0.15) is 0 Å². The number of hydrogen-bond acceptors (Lipinski definition) is 3. The molecule has 110 valence electrons. The van der Waals surface area contributed by atoms with Crippen molar-refractivity contribution in [1.29, 1.82) is 5.41 Å². The summed E-state index contributed by atoms with van der Waals surface area (Å²) in [5.41, 5.74) is 7.59. The first kappa shape index (κ1) is 15.3. The van der Waals surface area contributed by atoms with E-state index in [-0.39, 0.29) is 5.84 Å². The molecule has 3 N–H and O–H groups in total. The third kappa shape index (κ3) is 3.33. The minimum absolute atomic E-state index is 0.136. The molecule has 1 aromatic rings. The summed E-state index contributed by atoms with van der Waals surface area (Å²) in [6.07, 6.45) is 1.19. The Hall–Kier alpha value is -1.07. The van der Waals surface area contributed by atoms with Gasteiger partial charge < -0.3 is 10.6 Å². The van der Waals surface area contributed by atoms with Crippen LogP contribution in [0.5, 0.6) is 0 Å². The van der Waals surface area contributed by atoms with Gasteiger partial charge in [0.2, 0.25) is 0 Å². The number of nitrogens with one attached hydrogen (secondary N) is 1. The highest BCUT2D eigenvalue weighted by atomic mass is 79.9. The molecule has 4 nitrogen and oxygen atoms in total. The van der Waals surface area contributed by atoms with Gasteiger partial charge in [-0.1, -0.05) is 22.9 Å². The summed E-state index contributed by atoms with van der Waals surface area (Å²) >= 11 is 3.51. The lowest BCUT2D eigenvalue weighted by atomic mass is 10.1. The number of nitrogens with two attached hydrogens (primary N) is 1. The van der Waals surface area contributed by atoms with Crippen LogP contribution in [0.2, 0.25) is 0 Å². The summed E-state index contributed by atoms with van der Waals surface area (Å²) in [5, 5.41) is 7.73. The van der Waals surface area contributed by atoms with E-state index in [2.05, 4.69) is 45.6 Å². The highest BCUT2D eigenvalue weighted by Gasteiger charge is 2.22. The Morgan fingerprint density at radius 1 is 1.35 bits per heavy atom. The fourth-order valence-electron chi connectivity index (χ4n) is 2.66. The maximum Gasteiger partial charge on any atom is 0.124 e. The van der Waals surface area contributed by atoms with E-state index >= 15 is 0 Å². The molecule has 0 aromatic heterocycles. The smallest absolute Gasteiger partial charge is 0.124 e. The van der Waals surface area contributed by atoms with Gasteiger partial charge in [-0.25, -0.2) is 0 Å². The molecule has 0 bridgehead atoms. The molecule has 0 amide bonds. The van der Waals surface area contributed by atoms with Crippen molar-refractivity contribution in [1.82, 2.24) is 4.90 Å². The van der Waals surface area contributed by atoms with Gasteiger partial charge in [-0.05, 0) is 31.5 Å². The molecular formula is C15H23BrN4. The Balaban J connectivity index is 2.14. The number of anilines is 1. The number of nitrogens with zero attached hydrogens (tertiary/aromatic N) is 2. The summed E-state index contributed by atoms with van der Waals surface area (Å²) in [6.45, 7) is 8.63. The van der Waals surface area contributed by atoms with Gasteiger partial charge in [-0.3, -0.25) is 10.3 Å². The van der Waals surface area contributed by atoms with Crippen LogP contribution in [0.15, 0.2) is 22.7 Å². The largest absolute Gasteiger partial charge is 0.384 e. The second-order valence-electron chi connectivity index (χ2n) is 5.36. The number of amidine groups is 1. The number of hydrogen-bond donors (Lipinski definition) is 2. The molecule has 0 saturated carbocycles. The molecular weight excluding hydrogens is 316 g/mol. The van der Waals surface area contributed by atoms with Crippen LogP contribution in [0.25, 0.3) is 0 Å². The van der Waals surface area contributed by atoms with Crippen molar-refractivity contribution in [3.8, 4) is 0 Å². The molecule has 1 heterocycles. The lowest BCUT2D eigenvalue weighted by molar-refractivity contribution is 0.193. The fourth-order valence-corrected chi connectivity index (χ4v) is 3.00. The monoisotopic (exact) mass is 338 g/mol. The molecule has 0 spiro atoms. The predicted octanol–water partition coefficient (Wildman–Crippen LogP) is 2.65. The van der Waals surface area contributed by atoms with Gasteiger partial charge >= 0.3 is 0 Å². The van der Waals surface area contributed by atoms with Gasteiger partial charge in [0.15, 0.2) is 0 Å². The van der Waals surface area contributed by atoms with Gasteiger partial charge in [0.25, 0.3) is 0 Å². The zero-order valence-corrected chi connectivity index (χ0v) is 13.8. The topological polar surface area (TPSA) is 56.4 Å². The Labute approximate surface area is 129 Å². The Morgan fingerprint density at radius 3 is 2.55 bits per heavy atom. The molecule has 0 radical (unpaired) electrons. The van der Waals surface area contributed by atoms with E-state index in [4.69, 9.17) is 11.1 Å². The second-order valence-corrected chi connectivity index (χ2v) is 6.27. The molecule has 1 aliphatic rings. The highest BCUT2D eigenvalue weighted by molar-refractivity contribution is 9.10. The summed E-state index contributed by atoms with van der Waals surface area (Å²) in [6, 6.07) is 6.57. The first-order chi connectivity index (χ1) is 9.52. The number of benzene rings is 1. The molecule has 5 heteroatoms. The zero-order chi connectivity index (χ0) is 14.7. The van der Waals surface area contributed by atoms with Crippen molar-refractivity contribution in [2.75, 3.05) is 31.1 Å². The van der Waals surface area contributed by atoms with Crippen molar-refractivity contribution < 1.29 is 0 Å². The third-order valence-corrected chi connectivity index (χ3v) is 4.61. The minimum atomic E-state index is 0.136. The van der Waals surface area contributed by atoms with Crippen molar-refractivity contribution in [3.05, 3.63) is 28.2 Å². The molecule has 0 aliphatic carbocycles. The number of nitrogen functional groups attached to an aromatic ring is 1. The molecule has 1 unspecified atom stereocenters. The molecule has 20 heavy (non-hydrogen) atoms. The molecule has 1 fully saturated rings. The lowest BCUT2D eigenvalue weighted by Gasteiger charge is -2.39. The van der Waals surface area contributed by atoms with Crippen LogP contribution in [-0.2, 0) is 0 Å². The van der Waals surface area contributed by atoms with Crippen LogP contribution in [0.1, 0.15) is 25.8 Å². The van der Waals surface area contributed by atoms with E-state index in [0.29, 0.717) is 6.04 Å². The van der Waals surface area contributed by atoms with Crippen molar-refractivity contribution in [2.24, 2.45) is 5.73 Å². The summed E-state index contributed by atoms with van der Waals surface area (Å²) in [7, 11) is 0. The summed E-state index contributed by atoms with van der Waals surface area (Å²) < 4.78 is 1.03. The quantitative estimate of drug-likeness (QED) is 0.655. The van der Waals surface area contributed by atoms with E-state index < -0.39 is 0 Å². The molecule has 1 atom stereocenters. The van der Waals surface area contributed by atoms with Gasteiger partial charge in [0.05, 0.1) is 0 Å². The zero-order valence-electron chi connectivity index (χ0n) is 12.2. The van der Waals surface area contributed by atoms with E-state index in [1.54, 1.807) is 0 Å². The first-order valence-corrected chi connectivity index (χ1v) is 7.95. The maximum atomic E-state index is 7.73. The van der Waals surface area contributed by atoms with E-state index in [1.165, 1.54) is 6.42 Å². The van der Waals surface area contributed by atoms with Crippen molar-refractivity contribution in [3.63, 3.8) is 0 Å². The minimum Gasteiger partial charge on any atom is -0.384 e.